The van der Waals surface area contributed by atoms with Crippen LogP contribution in [0.5, 0.6) is 0 Å². The number of nitrogens with zero attached hydrogens (tertiary/aromatic N) is 1. The molecular formula is C30H48N4O5. The van der Waals surface area contributed by atoms with Crippen LogP contribution < -0.4 is 16.4 Å². The van der Waals surface area contributed by atoms with Crippen molar-refractivity contribution >= 4 is 23.8 Å². The molecule has 1 aliphatic carbocycles. The first-order valence-corrected chi connectivity index (χ1v) is 14.0. The van der Waals surface area contributed by atoms with Crippen LogP contribution >= 0.6 is 0 Å². The largest absolute Gasteiger partial charge is 0.444 e. The molecule has 2 atom stereocenters. The van der Waals surface area contributed by atoms with Crippen LogP contribution in [0.25, 0.3) is 0 Å². The summed E-state index contributed by atoms with van der Waals surface area (Å²) in [4.78, 5) is 54.2. The molecular weight excluding hydrogens is 496 g/mol. The van der Waals surface area contributed by atoms with Gasteiger partial charge in [0.2, 0.25) is 17.7 Å². The zero-order chi connectivity index (χ0) is 29.5. The first-order chi connectivity index (χ1) is 18.0. The van der Waals surface area contributed by atoms with Crippen LogP contribution in [-0.4, -0.2) is 51.9 Å². The number of carbonyl (C=O) groups excluding carboxylic acids is 4. The summed E-state index contributed by atoms with van der Waals surface area (Å²) in [5.41, 5.74) is 6.55. The molecule has 9 heteroatoms. The van der Waals surface area contributed by atoms with Crippen molar-refractivity contribution in [3.8, 4) is 0 Å². The van der Waals surface area contributed by atoms with E-state index < -0.39 is 41.1 Å². The molecule has 1 fully saturated rings. The number of rotatable bonds is 9. The Balaban J connectivity index is 2.55. The Labute approximate surface area is 233 Å². The number of alkyl carbamates (subject to hydrolysis) is 1. The van der Waals surface area contributed by atoms with Crippen molar-refractivity contribution in [2.75, 3.05) is 0 Å². The van der Waals surface area contributed by atoms with Gasteiger partial charge in [0.15, 0.2) is 0 Å². The van der Waals surface area contributed by atoms with E-state index in [1.807, 2.05) is 52.8 Å². The minimum absolute atomic E-state index is 0.0239. The number of hydrogen-bond donors (Lipinski definition) is 3. The quantitative estimate of drug-likeness (QED) is 0.419. The van der Waals surface area contributed by atoms with Gasteiger partial charge in [0.1, 0.15) is 17.7 Å². The summed E-state index contributed by atoms with van der Waals surface area (Å²) in [5, 5.41) is 5.84. The van der Waals surface area contributed by atoms with Crippen LogP contribution in [0.3, 0.4) is 0 Å². The van der Waals surface area contributed by atoms with Gasteiger partial charge in [0.25, 0.3) is 0 Å². The van der Waals surface area contributed by atoms with Gasteiger partial charge in [-0.15, -0.1) is 0 Å². The van der Waals surface area contributed by atoms with Gasteiger partial charge in [-0.3, -0.25) is 14.4 Å². The lowest BCUT2D eigenvalue weighted by molar-refractivity contribution is -0.149. The minimum Gasteiger partial charge on any atom is -0.444 e. The Morgan fingerprint density at radius 1 is 1.00 bits per heavy atom. The molecule has 1 aromatic rings. The van der Waals surface area contributed by atoms with Crippen molar-refractivity contribution in [1.29, 1.82) is 0 Å². The third-order valence-electron chi connectivity index (χ3n) is 6.93. The molecule has 4 N–H and O–H groups in total. The summed E-state index contributed by atoms with van der Waals surface area (Å²) in [6.07, 6.45) is 4.13. The van der Waals surface area contributed by atoms with E-state index in [1.165, 1.54) is 4.90 Å². The summed E-state index contributed by atoms with van der Waals surface area (Å²) in [7, 11) is 0. The lowest BCUT2D eigenvalue weighted by atomic mass is 9.91. The molecule has 0 saturated heterocycles. The molecule has 0 spiro atoms. The second kappa shape index (κ2) is 13.3. The smallest absolute Gasteiger partial charge is 0.408 e. The van der Waals surface area contributed by atoms with E-state index in [0.717, 1.165) is 43.2 Å². The van der Waals surface area contributed by atoms with E-state index in [4.69, 9.17) is 10.5 Å². The molecule has 4 amide bonds. The predicted molar refractivity (Wildman–Crippen MR) is 152 cm³/mol. The number of primary amides is 1. The van der Waals surface area contributed by atoms with Crippen LogP contribution in [0.1, 0.15) is 109 Å². The van der Waals surface area contributed by atoms with Crippen LogP contribution in [0.2, 0.25) is 0 Å². The molecule has 0 heterocycles. The van der Waals surface area contributed by atoms with Gasteiger partial charge in [-0.05, 0) is 91.3 Å². The van der Waals surface area contributed by atoms with E-state index in [9.17, 15) is 19.2 Å². The molecule has 218 valence electrons. The third kappa shape index (κ3) is 9.86. The maximum Gasteiger partial charge on any atom is 0.408 e. The van der Waals surface area contributed by atoms with Crippen molar-refractivity contribution in [3.63, 3.8) is 0 Å². The van der Waals surface area contributed by atoms with Crippen molar-refractivity contribution in [2.24, 2.45) is 5.73 Å². The van der Waals surface area contributed by atoms with E-state index in [1.54, 1.807) is 20.8 Å². The van der Waals surface area contributed by atoms with Crippen LogP contribution in [0, 0.1) is 13.8 Å². The molecule has 0 bridgehead atoms. The first kappa shape index (κ1) is 32.1. The zero-order valence-electron chi connectivity index (χ0n) is 25.0. The number of hydrogen-bond acceptors (Lipinski definition) is 5. The van der Waals surface area contributed by atoms with Crippen LogP contribution in [0.4, 0.5) is 4.79 Å². The fourth-order valence-corrected chi connectivity index (χ4v) is 4.89. The Hall–Kier alpha value is -3.10. The Morgan fingerprint density at radius 3 is 2.13 bits per heavy atom. The van der Waals surface area contributed by atoms with Crippen molar-refractivity contribution in [2.45, 2.75) is 130 Å². The molecule has 1 saturated carbocycles. The minimum atomic E-state index is -1.12. The SMILES string of the molecule is Cc1ccc(C(C(=O)NC2CCCCC2)N(C(=O)C(CCC(N)=O)NC(=O)OC(C)(C)C)C(C)(C)C)cc1C. The lowest BCUT2D eigenvalue weighted by Gasteiger charge is -2.43. The molecule has 9 nitrogen and oxygen atoms in total. The second-order valence-corrected chi connectivity index (χ2v) is 12.7. The maximum absolute atomic E-state index is 14.3. The van der Waals surface area contributed by atoms with Gasteiger partial charge in [-0.2, -0.15) is 0 Å². The maximum atomic E-state index is 14.3. The number of aryl methyl sites for hydroxylation is 2. The van der Waals surface area contributed by atoms with E-state index >= 15 is 0 Å². The van der Waals surface area contributed by atoms with E-state index in [2.05, 4.69) is 10.6 Å². The fraction of sp³-hybridized carbons (Fsp3) is 0.667. The molecule has 2 rings (SSSR count). The molecule has 0 radical (unpaired) electrons. The van der Waals surface area contributed by atoms with Crippen molar-refractivity contribution in [1.82, 2.24) is 15.5 Å². The highest BCUT2D eigenvalue weighted by Crippen LogP contribution is 2.32. The van der Waals surface area contributed by atoms with Gasteiger partial charge in [-0.25, -0.2) is 4.79 Å². The molecule has 1 aliphatic rings. The number of nitrogens with one attached hydrogen (secondary N) is 2. The summed E-state index contributed by atoms with van der Waals surface area (Å²) in [5.74, 6) is -1.35. The zero-order valence-corrected chi connectivity index (χ0v) is 25.0. The van der Waals surface area contributed by atoms with Crippen LogP contribution in [-0.2, 0) is 19.1 Å². The monoisotopic (exact) mass is 544 g/mol. The highest BCUT2D eigenvalue weighted by atomic mass is 16.6. The molecule has 0 aromatic heterocycles. The van der Waals surface area contributed by atoms with E-state index in [0.29, 0.717) is 5.56 Å². The highest BCUT2D eigenvalue weighted by Gasteiger charge is 2.42. The standard InChI is InChI=1S/C30H48N4O5/c1-19-14-15-21(18-20(19)2)25(26(36)32-22-12-10-9-11-13-22)34(29(3,4)5)27(37)23(16-17-24(31)35)33-28(38)39-30(6,7)8/h14-15,18,22-23,25H,9-13,16-17H2,1-8H3,(H2,31,35)(H,32,36)(H,33,38). The summed E-state index contributed by atoms with van der Waals surface area (Å²) >= 11 is 0. The summed E-state index contributed by atoms with van der Waals surface area (Å²) in [6, 6.07) is 3.73. The average molecular weight is 545 g/mol. The number of nitrogens with two attached hydrogens (primary N) is 1. The second-order valence-electron chi connectivity index (χ2n) is 12.7. The van der Waals surface area contributed by atoms with Gasteiger partial charge in [0.05, 0.1) is 0 Å². The Kier molecular flexibility index (Phi) is 11.0. The third-order valence-corrected chi connectivity index (χ3v) is 6.93. The number of ether oxygens (including phenoxy) is 1. The number of carbonyl (C=O) groups is 4. The number of amides is 4. The molecule has 0 aliphatic heterocycles. The topological polar surface area (TPSA) is 131 Å². The Bertz CT molecular complexity index is 1030. The molecule has 1 aromatic carbocycles. The highest BCUT2D eigenvalue weighted by molar-refractivity contribution is 5.93. The number of benzene rings is 1. The normalized spacial score (nSPS) is 16.1. The summed E-state index contributed by atoms with van der Waals surface area (Å²) < 4.78 is 5.40. The first-order valence-electron chi connectivity index (χ1n) is 14.0. The predicted octanol–water partition coefficient (Wildman–Crippen LogP) is 4.58. The fourth-order valence-electron chi connectivity index (χ4n) is 4.89. The summed E-state index contributed by atoms with van der Waals surface area (Å²) in [6.45, 7) is 14.7. The van der Waals surface area contributed by atoms with Crippen LogP contribution in [0.15, 0.2) is 18.2 Å². The van der Waals surface area contributed by atoms with Gasteiger partial charge < -0.3 is 26.0 Å². The Morgan fingerprint density at radius 2 is 1.62 bits per heavy atom. The van der Waals surface area contributed by atoms with Crippen molar-refractivity contribution in [3.05, 3.63) is 34.9 Å². The lowest BCUT2D eigenvalue weighted by Crippen LogP contribution is -2.59. The van der Waals surface area contributed by atoms with Gasteiger partial charge in [-0.1, -0.05) is 37.5 Å². The van der Waals surface area contributed by atoms with Gasteiger partial charge in [0, 0.05) is 18.0 Å². The molecule has 2 unspecified atom stereocenters. The van der Waals surface area contributed by atoms with E-state index in [-0.39, 0.29) is 24.8 Å². The van der Waals surface area contributed by atoms with Crippen molar-refractivity contribution < 1.29 is 23.9 Å². The molecule has 39 heavy (non-hydrogen) atoms. The average Bonchev–Trinajstić information content (AvgIpc) is 2.80. The van der Waals surface area contributed by atoms with Gasteiger partial charge >= 0.3 is 6.09 Å².